The Labute approximate surface area is 197 Å². The van der Waals surface area contributed by atoms with Crippen molar-refractivity contribution >= 4 is 34.2 Å². The lowest BCUT2D eigenvalue weighted by Gasteiger charge is -2.18. The number of nitrogens with zero attached hydrogens (tertiary/aromatic N) is 1. The molecule has 0 radical (unpaired) electrons. The van der Waals surface area contributed by atoms with Gasteiger partial charge in [0.1, 0.15) is 0 Å². The maximum Gasteiger partial charge on any atom is 0.418 e. The second-order valence-electron chi connectivity index (χ2n) is 8.71. The molecule has 184 valence electrons. The topological polar surface area (TPSA) is 114 Å². The number of nitro groups is 1. The highest BCUT2D eigenvalue weighted by molar-refractivity contribution is 6.00. The zero-order valence-electron chi connectivity index (χ0n) is 18.9. The summed E-state index contributed by atoms with van der Waals surface area (Å²) in [7, 11) is 0. The van der Waals surface area contributed by atoms with Gasteiger partial charge in [-0.2, -0.15) is 13.2 Å². The van der Waals surface area contributed by atoms with E-state index in [1.807, 2.05) is 5.32 Å². The second-order valence-corrected chi connectivity index (χ2v) is 8.71. The average molecular weight is 489 g/mol. The summed E-state index contributed by atoms with van der Waals surface area (Å²) in [6, 6.07) is 6.96. The monoisotopic (exact) mass is 489 g/mol. The minimum atomic E-state index is -4.95. The van der Waals surface area contributed by atoms with Crippen molar-refractivity contribution < 1.29 is 32.4 Å². The van der Waals surface area contributed by atoms with Gasteiger partial charge in [0.15, 0.2) is 6.10 Å². The van der Waals surface area contributed by atoms with Crippen molar-refractivity contribution in [2.75, 3.05) is 5.32 Å². The molecule has 11 heteroatoms. The van der Waals surface area contributed by atoms with Gasteiger partial charge < -0.3 is 15.0 Å². The third kappa shape index (κ3) is 4.98. The molecular formula is C24H22F3N3O5. The SMILES string of the molecule is C[C@@H]1CCc2[nH]c3ccc(C(=O)O[C@@H](C)C(=O)Nc4ccc([N+](=O)[O-])cc4C(F)(F)F)cc3c2C1. The molecule has 0 unspecified atom stereocenters. The molecule has 0 fully saturated rings. The number of ether oxygens (including phenoxy) is 1. The fourth-order valence-electron chi connectivity index (χ4n) is 4.22. The van der Waals surface area contributed by atoms with Crippen LogP contribution in [-0.4, -0.2) is 27.9 Å². The van der Waals surface area contributed by atoms with Crippen LogP contribution in [0.25, 0.3) is 10.9 Å². The molecule has 0 bridgehead atoms. The number of alkyl halides is 3. The molecule has 35 heavy (non-hydrogen) atoms. The van der Waals surface area contributed by atoms with Gasteiger partial charge in [-0.1, -0.05) is 6.92 Å². The van der Waals surface area contributed by atoms with E-state index >= 15 is 0 Å². The fraction of sp³-hybridized carbons (Fsp3) is 0.333. The maximum atomic E-state index is 13.4. The van der Waals surface area contributed by atoms with E-state index in [1.165, 1.54) is 6.92 Å². The minimum Gasteiger partial charge on any atom is -0.449 e. The Kier molecular flexibility index (Phi) is 6.27. The molecule has 1 aliphatic rings. The number of carbonyl (C=O) groups excluding carboxylic acids is 2. The van der Waals surface area contributed by atoms with Crippen LogP contribution in [0.1, 0.15) is 47.4 Å². The summed E-state index contributed by atoms with van der Waals surface area (Å²) in [5.41, 5.74) is 0.567. The Morgan fingerprint density at radius 3 is 2.66 bits per heavy atom. The molecule has 2 atom stereocenters. The molecule has 1 aromatic heterocycles. The highest BCUT2D eigenvalue weighted by atomic mass is 19.4. The molecular weight excluding hydrogens is 467 g/mol. The molecule has 1 amide bonds. The van der Waals surface area contributed by atoms with Gasteiger partial charge in [0, 0.05) is 28.7 Å². The molecule has 4 rings (SSSR count). The standard InChI is InChI=1S/C24H22F3N3O5/c1-12-3-6-19-16(9-12)17-10-14(4-7-20(17)28-19)23(32)35-13(2)22(31)29-21-8-5-15(30(33)34)11-18(21)24(25,26)27/h4-5,7-8,10-13,28H,3,6,9H2,1-2H3,(H,29,31)/t12-,13+/m1/s1. The van der Waals surface area contributed by atoms with E-state index in [-0.39, 0.29) is 5.56 Å². The number of aryl methyl sites for hydroxylation is 1. The van der Waals surface area contributed by atoms with Gasteiger partial charge in [-0.15, -0.1) is 0 Å². The van der Waals surface area contributed by atoms with Crippen molar-refractivity contribution in [3.63, 3.8) is 0 Å². The van der Waals surface area contributed by atoms with Gasteiger partial charge in [0.05, 0.1) is 21.7 Å². The van der Waals surface area contributed by atoms with Gasteiger partial charge in [-0.3, -0.25) is 14.9 Å². The smallest absolute Gasteiger partial charge is 0.418 e. The first-order chi connectivity index (χ1) is 16.4. The number of nitro benzene ring substituents is 1. The molecule has 3 aromatic rings. The van der Waals surface area contributed by atoms with Crippen LogP contribution in [0, 0.1) is 16.0 Å². The number of hydrogen-bond donors (Lipinski definition) is 2. The number of nitrogens with one attached hydrogen (secondary N) is 2. The Hall–Kier alpha value is -3.89. The zero-order chi connectivity index (χ0) is 25.5. The van der Waals surface area contributed by atoms with Crippen molar-refractivity contribution in [2.45, 2.75) is 45.4 Å². The van der Waals surface area contributed by atoms with Crippen molar-refractivity contribution in [3.05, 3.63) is 68.9 Å². The Bertz CT molecular complexity index is 1330. The third-order valence-corrected chi connectivity index (χ3v) is 6.10. The van der Waals surface area contributed by atoms with E-state index in [9.17, 15) is 32.9 Å². The lowest BCUT2D eigenvalue weighted by atomic mass is 9.87. The van der Waals surface area contributed by atoms with Crippen LogP contribution in [0.4, 0.5) is 24.5 Å². The van der Waals surface area contributed by atoms with Crippen molar-refractivity contribution in [1.29, 1.82) is 0 Å². The highest BCUT2D eigenvalue weighted by Crippen LogP contribution is 2.37. The van der Waals surface area contributed by atoms with Crippen LogP contribution in [0.15, 0.2) is 36.4 Å². The molecule has 1 aliphatic carbocycles. The first kappa shape index (κ1) is 24.2. The normalized spacial score (nSPS) is 16.4. The van der Waals surface area contributed by atoms with Crippen molar-refractivity contribution in [2.24, 2.45) is 5.92 Å². The van der Waals surface area contributed by atoms with Crippen LogP contribution in [0.2, 0.25) is 0 Å². The minimum absolute atomic E-state index is 0.212. The number of hydrogen-bond acceptors (Lipinski definition) is 5. The Morgan fingerprint density at radius 1 is 1.23 bits per heavy atom. The lowest BCUT2D eigenvalue weighted by molar-refractivity contribution is -0.385. The van der Waals surface area contributed by atoms with Crippen molar-refractivity contribution in [3.8, 4) is 0 Å². The molecule has 2 aromatic carbocycles. The first-order valence-electron chi connectivity index (χ1n) is 10.9. The number of amides is 1. The molecule has 8 nitrogen and oxygen atoms in total. The number of benzene rings is 2. The quantitative estimate of drug-likeness (QED) is 0.283. The summed E-state index contributed by atoms with van der Waals surface area (Å²) >= 11 is 0. The van der Waals surface area contributed by atoms with Crippen LogP contribution in [0.3, 0.4) is 0 Å². The number of H-pyrrole nitrogens is 1. The molecule has 0 saturated heterocycles. The van der Waals surface area contributed by atoms with Crippen LogP contribution in [0.5, 0.6) is 0 Å². The number of esters is 1. The number of aromatic nitrogens is 1. The zero-order valence-corrected chi connectivity index (χ0v) is 18.9. The molecule has 0 spiro atoms. The third-order valence-electron chi connectivity index (χ3n) is 6.10. The van der Waals surface area contributed by atoms with Gasteiger partial charge in [-0.05, 0) is 61.9 Å². The highest BCUT2D eigenvalue weighted by Gasteiger charge is 2.36. The summed E-state index contributed by atoms with van der Waals surface area (Å²) in [6.07, 6.45) is -3.49. The van der Waals surface area contributed by atoms with E-state index in [1.54, 1.807) is 18.2 Å². The van der Waals surface area contributed by atoms with Crippen molar-refractivity contribution in [1.82, 2.24) is 4.98 Å². The largest absolute Gasteiger partial charge is 0.449 e. The number of carbonyl (C=O) groups is 2. The summed E-state index contributed by atoms with van der Waals surface area (Å²) in [5, 5.41) is 13.8. The number of anilines is 1. The van der Waals surface area contributed by atoms with Crippen LogP contribution >= 0.6 is 0 Å². The summed E-state index contributed by atoms with van der Waals surface area (Å²) < 4.78 is 45.3. The van der Waals surface area contributed by atoms with Crippen LogP contribution < -0.4 is 5.32 Å². The first-order valence-corrected chi connectivity index (χ1v) is 10.9. The number of halogens is 3. The predicted octanol–water partition coefficient (Wildman–Crippen LogP) is 5.40. The van der Waals surface area contributed by atoms with E-state index < -0.39 is 46.0 Å². The van der Waals surface area contributed by atoms with E-state index in [4.69, 9.17) is 4.74 Å². The summed E-state index contributed by atoms with van der Waals surface area (Å²) in [6.45, 7) is 3.39. The average Bonchev–Trinajstić information content (AvgIpc) is 3.15. The van der Waals surface area contributed by atoms with Gasteiger partial charge in [0.2, 0.25) is 0 Å². The lowest BCUT2D eigenvalue weighted by Crippen LogP contribution is -2.30. The summed E-state index contributed by atoms with van der Waals surface area (Å²) in [5.74, 6) is -1.29. The number of aromatic amines is 1. The Balaban J connectivity index is 1.50. The van der Waals surface area contributed by atoms with E-state index in [0.29, 0.717) is 12.0 Å². The predicted molar refractivity (Wildman–Crippen MR) is 121 cm³/mol. The van der Waals surface area contributed by atoms with E-state index in [2.05, 4.69) is 11.9 Å². The van der Waals surface area contributed by atoms with Gasteiger partial charge in [0.25, 0.3) is 11.6 Å². The molecule has 0 saturated carbocycles. The number of rotatable bonds is 5. The molecule has 1 heterocycles. The molecule has 2 N–H and O–H groups in total. The molecule has 0 aliphatic heterocycles. The summed E-state index contributed by atoms with van der Waals surface area (Å²) in [4.78, 5) is 38.4. The second kappa shape index (κ2) is 9.05. The van der Waals surface area contributed by atoms with Crippen LogP contribution in [-0.2, 0) is 28.5 Å². The number of non-ortho nitro benzene ring substituents is 1. The van der Waals surface area contributed by atoms with Gasteiger partial charge >= 0.3 is 12.1 Å². The number of fused-ring (bicyclic) bond motifs is 3. The fourth-order valence-corrected chi connectivity index (χ4v) is 4.22. The maximum absolute atomic E-state index is 13.4. The Morgan fingerprint density at radius 2 is 1.97 bits per heavy atom. The van der Waals surface area contributed by atoms with Gasteiger partial charge in [-0.25, -0.2) is 4.79 Å². The van der Waals surface area contributed by atoms with E-state index in [0.717, 1.165) is 53.6 Å².